The number of piperidine rings is 1. The maximum absolute atomic E-state index is 10.7. The number of allylic oxidation sites excluding steroid dienone is 1. The monoisotopic (exact) mass is 267 g/mol. The maximum Gasteiger partial charge on any atom is 0.335 e. The first-order chi connectivity index (χ1) is 8.25. The van der Waals surface area contributed by atoms with Gasteiger partial charge in [-0.2, -0.15) is 0 Å². The van der Waals surface area contributed by atoms with Crippen molar-refractivity contribution in [1.82, 2.24) is 5.32 Å². The summed E-state index contributed by atoms with van der Waals surface area (Å²) in [6, 6.07) is 6.98. The van der Waals surface area contributed by atoms with Gasteiger partial charge in [-0.3, -0.25) is 0 Å². The molecule has 4 heteroatoms. The van der Waals surface area contributed by atoms with E-state index in [1.54, 1.807) is 12.1 Å². The van der Waals surface area contributed by atoms with Crippen LogP contribution in [0.3, 0.4) is 0 Å². The van der Waals surface area contributed by atoms with Crippen molar-refractivity contribution in [3.63, 3.8) is 0 Å². The minimum Gasteiger partial charge on any atom is -0.478 e. The average Bonchev–Trinajstić information content (AvgIpc) is 2.38. The van der Waals surface area contributed by atoms with Gasteiger partial charge in [0.05, 0.1) is 5.56 Å². The molecule has 2 N–H and O–H groups in total. The van der Waals surface area contributed by atoms with Crippen molar-refractivity contribution in [2.24, 2.45) is 5.92 Å². The fourth-order valence-electron chi connectivity index (χ4n) is 2.02. The van der Waals surface area contributed by atoms with E-state index < -0.39 is 5.97 Å². The summed E-state index contributed by atoms with van der Waals surface area (Å²) in [7, 11) is 0. The Morgan fingerprint density at radius 3 is 2.39 bits per heavy atom. The molecule has 1 heterocycles. The zero-order valence-corrected chi connectivity index (χ0v) is 11.0. The molecule has 1 aromatic carbocycles. The second-order valence-electron chi connectivity index (χ2n) is 4.37. The van der Waals surface area contributed by atoms with Crippen LogP contribution < -0.4 is 5.32 Å². The van der Waals surface area contributed by atoms with Crippen molar-refractivity contribution < 1.29 is 9.90 Å². The van der Waals surface area contributed by atoms with E-state index in [-0.39, 0.29) is 12.4 Å². The van der Waals surface area contributed by atoms with Gasteiger partial charge in [-0.15, -0.1) is 12.4 Å². The summed E-state index contributed by atoms with van der Waals surface area (Å²) < 4.78 is 0. The Hall–Kier alpha value is -1.32. The number of carboxylic acid groups (broad SMARTS) is 1. The van der Waals surface area contributed by atoms with Crippen LogP contribution in [0.4, 0.5) is 0 Å². The average molecular weight is 268 g/mol. The van der Waals surface area contributed by atoms with Crippen molar-refractivity contribution in [1.29, 1.82) is 0 Å². The van der Waals surface area contributed by atoms with Gasteiger partial charge in [0.25, 0.3) is 0 Å². The molecule has 0 aromatic heterocycles. The van der Waals surface area contributed by atoms with Crippen LogP contribution in [0.2, 0.25) is 0 Å². The summed E-state index contributed by atoms with van der Waals surface area (Å²) in [5.41, 5.74) is 1.40. The fourth-order valence-corrected chi connectivity index (χ4v) is 2.02. The zero-order valence-electron chi connectivity index (χ0n) is 10.1. The third-order valence-electron chi connectivity index (χ3n) is 3.10. The van der Waals surface area contributed by atoms with E-state index in [9.17, 15) is 4.79 Å². The largest absolute Gasteiger partial charge is 0.478 e. The highest BCUT2D eigenvalue weighted by molar-refractivity contribution is 5.87. The molecule has 1 aliphatic rings. The third kappa shape index (κ3) is 4.17. The second-order valence-corrected chi connectivity index (χ2v) is 4.37. The molecule has 0 atom stereocenters. The van der Waals surface area contributed by atoms with Crippen molar-refractivity contribution in [2.75, 3.05) is 13.1 Å². The summed E-state index contributed by atoms with van der Waals surface area (Å²) in [5, 5.41) is 12.1. The van der Waals surface area contributed by atoms with Crippen LogP contribution in [0, 0.1) is 5.92 Å². The molecule has 1 saturated heterocycles. The van der Waals surface area contributed by atoms with E-state index in [1.807, 2.05) is 12.1 Å². The molecule has 0 radical (unpaired) electrons. The molecule has 0 bridgehead atoms. The fraction of sp³-hybridized carbons (Fsp3) is 0.357. The van der Waals surface area contributed by atoms with E-state index in [2.05, 4.69) is 17.5 Å². The lowest BCUT2D eigenvalue weighted by Gasteiger charge is -2.19. The van der Waals surface area contributed by atoms with Crippen molar-refractivity contribution in [3.8, 4) is 0 Å². The van der Waals surface area contributed by atoms with Crippen LogP contribution in [0.15, 0.2) is 30.3 Å². The Labute approximate surface area is 113 Å². The number of hydrogen-bond donors (Lipinski definition) is 2. The second kappa shape index (κ2) is 7.19. The number of aromatic carboxylic acids is 1. The number of carbonyl (C=O) groups is 1. The molecule has 3 nitrogen and oxygen atoms in total. The summed E-state index contributed by atoms with van der Waals surface area (Å²) in [6.45, 7) is 2.18. The lowest BCUT2D eigenvalue weighted by atomic mass is 9.97. The molecule has 0 spiro atoms. The smallest absolute Gasteiger partial charge is 0.335 e. The van der Waals surface area contributed by atoms with Gasteiger partial charge >= 0.3 is 5.97 Å². The van der Waals surface area contributed by atoms with Crippen LogP contribution in [0.25, 0.3) is 6.08 Å². The van der Waals surface area contributed by atoms with Crippen LogP contribution in [0.5, 0.6) is 0 Å². The summed E-state index contributed by atoms with van der Waals surface area (Å²) in [4.78, 5) is 10.7. The number of hydrogen-bond acceptors (Lipinski definition) is 2. The van der Waals surface area contributed by atoms with Crippen LogP contribution in [-0.2, 0) is 0 Å². The van der Waals surface area contributed by atoms with E-state index in [0.717, 1.165) is 18.7 Å². The van der Waals surface area contributed by atoms with Crippen LogP contribution in [0.1, 0.15) is 28.8 Å². The zero-order chi connectivity index (χ0) is 12.1. The van der Waals surface area contributed by atoms with Gasteiger partial charge in [-0.05, 0) is 49.5 Å². The standard InChI is InChI=1S/C14H17NO2.ClH/c16-14(17)13-5-3-11(4-6-13)1-2-12-7-9-15-10-8-12;/h1-6,12,15H,7-10H2,(H,16,17);1H/b2-1+;. The highest BCUT2D eigenvalue weighted by Crippen LogP contribution is 2.15. The molecule has 18 heavy (non-hydrogen) atoms. The molecule has 0 amide bonds. The Balaban J connectivity index is 0.00000162. The molecule has 0 saturated carbocycles. The highest BCUT2D eigenvalue weighted by atomic mass is 35.5. The number of nitrogens with one attached hydrogen (secondary N) is 1. The van der Waals surface area contributed by atoms with Crippen LogP contribution in [-0.4, -0.2) is 24.2 Å². The molecule has 0 unspecified atom stereocenters. The van der Waals surface area contributed by atoms with Gasteiger partial charge in [0.2, 0.25) is 0 Å². The number of benzene rings is 1. The predicted octanol–water partition coefficient (Wildman–Crippen LogP) is 2.82. The van der Waals surface area contributed by atoms with Crippen molar-refractivity contribution in [2.45, 2.75) is 12.8 Å². The first kappa shape index (κ1) is 14.7. The van der Waals surface area contributed by atoms with Crippen molar-refractivity contribution in [3.05, 3.63) is 41.5 Å². The predicted molar refractivity (Wildman–Crippen MR) is 75.3 cm³/mol. The summed E-state index contributed by atoms with van der Waals surface area (Å²) >= 11 is 0. The molecule has 2 rings (SSSR count). The lowest BCUT2D eigenvalue weighted by molar-refractivity contribution is 0.0697. The quantitative estimate of drug-likeness (QED) is 0.885. The first-order valence-corrected chi connectivity index (χ1v) is 5.98. The van der Waals surface area contributed by atoms with E-state index in [4.69, 9.17) is 5.11 Å². The van der Waals surface area contributed by atoms with Gasteiger partial charge in [0, 0.05) is 0 Å². The van der Waals surface area contributed by atoms with Gasteiger partial charge < -0.3 is 10.4 Å². The Bertz CT molecular complexity index is 408. The summed E-state index contributed by atoms with van der Waals surface area (Å²) in [6.07, 6.45) is 6.69. The maximum atomic E-state index is 10.7. The van der Waals surface area contributed by atoms with Gasteiger partial charge in [-0.25, -0.2) is 4.79 Å². The number of halogens is 1. The van der Waals surface area contributed by atoms with E-state index in [0.29, 0.717) is 11.5 Å². The Morgan fingerprint density at radius 1 is 1.22 bits per heavy atom. The van der Waals surface area contributed by atoms with Gasteiger partial charge in [-0.1, -0.05) is 24.3 Å². The number of rotatable bonds is 3. The minimum absolute atomic E-state index is 0. The number of carboxylic acids is 1. The van der Waals surface area contributed by atoms with E-state index >= 15 is 0 Å². The topological polar surface area (TPSA) is 49.3 Å². The van der Waals surface area contributed by atoms with Gasteiger partial charge in [0.15, 0.2) is 0 Å². The molecule has 98 valence electrons. The summed E-state index contributed by atoms with van der Waals surface area (Å²) in [5.74, 6) is -0.228. The molecular formula is C14H18ClNO2. The molecular weight excluding hydrogens is 250 g/mol. The van der Waals surface area contributed by atoms with E-state index in [1.165, 1.54) is 12.8 Å². The molecule has 1 fully saturated rings. The first-order valence-electron chi connectivity index (χ1n) is 5.98. The highest BCUT2D eigenvalue weighted by Gasteiger charge is 2.08. The molecule has 1 aliphatic heterocycles. The Kier molecular flexibility index (Phi) is 5.89. The Morgan fingerprint density at radius 2 is 1.83 bits per heavy atom. The van der Waals surface area contributed by atoms with Crippen molar-refractivity contribution >= 4 is 24.5 Å². The minimum atomic E-state index is -0.876. The molecule has 1 aromatic rings. The SMILES string of the molecule is Cl.O=C(O)c1ccc(/C=C/C2CCNCC2)cc1. The van der Waals surface area contributed by atoms with Crippen LogP contribution >= 0.6 is 12.4 Å². The van der Waals surface area contributed by atoms with Gasteiger partial charge in [0.1, 0.15) is 0 Å². The third-order valence-corrected chi connectivity index (χ3v) is 3.10. The molecule has 0 aliphatic carbocycles. The lowest BCUT2D eigenvalue weighted by Crippen LogP contribution is -2.26. The normalized spacial score (nSPS) is 16.4.